The fraction of sp³-hybridized carbons (Fsp3) is 0.133. The first kappa shape index (κ1) is 15.7. The van der Waals surface area contributed by atoms with Crippen LogP contribution in [0.2, 0.25) is 10.0 Å². The lowest BCUT2D eigenvalue weighted by Crippen LogP contribution is -2.14. The zero-order valence-corrected chi connectivity index (χ0v) is 13.6. The van der Waals surface area contributed by atoms with Gasteiger partial charge in [-0.1, -0.05) is 23.2 Å². The lowest BCUT2D eigenvalue weighted by molar-refractivity contribution is 0.102. The van der Waals surface area contributed by atoms with Gasteiger partial charge in [0, 0.05) is 18.1 Å². The van der Waals surface area contributed by atoms with Gasteiger partial charge in [-0.3, -0.25) is 9.78 Å². The molecular weight excluding hydrogens is 339 g/mol. The van der Waals surface area contributed by atoms with E-state index in [1.165, 1.54) is 12.4 Å². The molecule has 0 aliphatic carbocycles. The van der Waals surface area contributed by atoms with Crippen molar-refractivity contribution in [3.8, 4) is 0 Å². The number of hydrogen-bond acceptors (Lipinski definition) is 4. The highest BCUT2D eigenvalue weighted by molar-refractivity contribution is 6.39. The second-order valence-electron chi connectivity index (χ2n) is 4.91. The molecule has 0 spiro atoms. The minimum absolute atomic E-state index is 0.204. The Morgan fingerprint density at radius 2 is 2.00 bits per heavy atom. The van der Waals surface area contributed by atoms with Gasteiger partial charge in [-0.2, -0.15) is 5.10 Å². The molecule has 0 saturated heterocycles. The van der Waals surface area contributed by atoms with Gasteiger partial charge in [0.15, 0.2) is 0 Å². The van der Waals surface area contributed by atoms with Crippen molar-refractivity contribution in [3.63, 3.8) is 0 Å². The highest BCUT2D eigenvalue weighted by Gasteiger charge is 2.17. The number of hydrogen-bond donors (Lipinski definition) is 2. The molecule has 0 aliphatic rings. The summed E-state index contributed by atoms with van der Waals surface area (Å²) < 4.78 is 1.61. The van der Waals surface area contributed by atoms with E-state index in [0.29, 0.717) is 22.5 Å². The quantitative estimate of drug-likeness (QED) is 0.760. The molecule has 0 radical (unpaired) electrons. The summed E-state index contributed by atoms with van der Waals surface area (Å²) in [6.45, 7) is 1.66. The van der Waals surface area contributed by atoms with Crippen molar-refractivity contribution in [1.82, 2.24) is 14.6 Å². The van der Waals surface area contributed by atoms with Crippen LogP contribution < -0.4 is 5.32 Å². The van der Waals surface area contributed by atoms with Crippen molar-refractivity contribution < 1.29 is 9.90 Å². The summed E-state index contributed by atoms with van der Waals surface area (Å²) in [6.07, 6.45) is 2.80. The summed E-state index contributed by atoms with van der Waals surface area (Å²) in [5.41, 5.74) is 2.61. The van der Waals surface area contributed by atoms with E-state index in [1.54, 1.807) is 22.7 Å². The first-order valence-corrected chi connectivity index (χ1v) is 7.46. The molecule has 0 fully saturated rings. The molecule has 6 nitrogen and oxygen atoms in total. The summed E-state index contributed by atoms with van der Waals surface area (Å²) in [7, 11) is 0. The Morgan fingerprint density at radius 3 is 2.65 bits per heavy atom. The molecule has 23 heavy (non-hydrogen) atoms. The number of fused-ring (bicyclic) bond motifs is 1. The number of anilines is 1. The van der Waals surface area contributed by atoms with E-state index < -0.39 is 0 Å². The van der Waals surface area contributed by atoms with E-state index in [2.05, 4.69) is 15.4 Å². The average molecular weight is 351 g/mol. The third kappa shape index (κ3) is 2.88. The molecule has 0 atom stereocenters. The maximum absolute atomic E-state index is 12.6. The van der Waals surface area contributed by atoms with Gasteiger partial charge in [0.05, 0.1) is 39.1 Å². The van der Waals surface area contributed by atoms with Gasteiger partial charge in [-0.15, -0.1) is 0 Å². The number of aliphatic hydroxyl groups excluding tert-OH is 1. The Hall–Kier alpha value is -2.15. The highest BCUT2D eigenvalue weighted by Crippen LogP contribution is 2.29. The van der Waals surface area contributed by atoms with Crippen molar-refractivity contribution in [2.24, 2.45) is 0 Å². The first-order chi connectivity index (χ1) is 11.0. The van der Waals surface area contributed by atoms with Gasteiger partial charge in [0.2, 0.25) is 0 Å². The van der Waals surface area contributed by atoms with E-state index in [-0.39, 0.29) is 22.6 Å². The van der Waals surface area contributed by atoms with E-state index in [0.717, 1.165) is 5.69 Å². The van der Waals surface area contributed by atoms with E-state index in [1.807, 2.05) is 6.92 Å². The van der Waals surface area contributed by atoms with Gasteiger partial charge < -0.3 is 10.4 Å². The number of aryl methyl sites for hydroxylation is 1. The van der Waals surface area contributed by atoms with Crippen LogP contribution in [-0.4, -0.2) is 25.6 Å². The number of amides is 1. The van der Waals surface area contributed by atoms with Gasteiger partial charge in [0.25, 0.3) is 5.91 Å². The maximum atomic E-state index is 12.6. The molecule has 1 amide bonds. The van der Waals surface area contributed by atoms with Crippen LogP contribution >= 0.6 is 23.2 Å². The molecule has 0 aromatic carbocycles. The van der Waals surface area contributed by atoms with E-state index in [9.17, 15) is 9.90 Å². The fourth-order valence-corrected chi connectivity index (χ4v) is 2.69. The standard InChI is InChI=1S/C15H12Cl2N4O2/c1-8-2-3-10(13-4-9(7-22)20-21(8)13)15(23)19-14-11(16)5-18-6-12(14)17/h2-6,22H,7H2,1H3,(H,18,19,23). The van der Waals surface area contributed by atoms with Crippen LogP contribution in [0.4, 0.5) is 5.69 Å². The molecule has 3 aromatic heterocycles. The highest BCUT2D eigenvalue weighted by atomic mass is 35.5. The number of pyridine rings is 2. The molecule has 118 valence electrons. The number of nitrogens with zero attached hydrogens (tertiary/aromatic N) is 3. The lowest BCUT2D eigenvalue weighted by atomic mass is 10.2. The van der Waals surface area contributed by atoms with Crippen molar-refractivity contribution in [1.29, 1.82) is 0 Å². The SMILES string of the molecule is Cc1ccc(C(=O)Nc2c(Cl)cncc2Cl)c2cc(CO)nn12. The number of nitrogens with one attached hydrogen (secondary N) is 1. The molecule has 3 aromatic rings. The normalized spacial score (nSPS) is 11.0. The molecule has 0 aliphatic heterocycles. The summed E-state index contributed by atoms with van der Waals surface area (Å²) in [5, 5.41) is 16.7. The van der Waals surface area contributed by atoms with Crippen molar-refractivity contribution in [2.75, 3.05) is 5.32 Å². The van der Waals surface area contributed by atoms with Gasteiger partial charge in [0.1, 0.15) is 0 Å². The van der Waals surface area contributed by atoms with Crippen molar-refractivity contribution in [2.45, 2.75) is 13.5 Å². The molecule has 3 rings (SSSR count). The molecule has 3 heterocycles. The predicted octanol–water partition coefficient (Wildman–Crippen LogP) is 3.09. The number of rotatable bonds is 3. The van der Waals surface area contributed by atoms with Crippen LogP contribution in [0.15, 0.2) is 30.6 Å². The Labute approximate surface area is 141 Å². The second kappa shape index (κ2) is 6.16. The number of halogens is 2. The Bertz CT molecular complexity index is 888. The van der Waals surface area contributed by atoms with Crippen LogP contribution in [0.25, 0.3) is 5.52 Å². The van der Waals surface area contributed by atoms with Gasteiger partial charge in [-0.25, -0.2) is 4.52 Å². The Balaban J connectivity index is 2.05. The Morgan fingerprint density at radius 1 is 1.30 bits per heavy atom. The number of carbonyl (C=O) groups is 1. The monoisotopic (exact) mass is 350 g/mol. The maximum Gasteiger partial charge on any atom is 0.257 e. The third-order valence-electron chi connectivity index (χ3n) is 3.36. The van der Waals surface area contributed by atoms with Gasteiger partial charge >= 0.3 is 0 Å². The van der Waals surface area contributed by atoms with Crippen LogP contribution in [0.1, 0.15) is 21.7 Å². The smallest absolute Gasteiger partial charge is 0.257 e. The minimum Gasteiger partial charge on any atom is -0.390 e. The average Bonchev–Trinajstić information content (AvgIpc) is 2.96. The summed E-state index contributed by atoms with van der Waals surface area (Å²) >= 11 is 12.0. The molecule has 0 bridgehead atoms. The number of carbonyl (C=O) groups excluding carboxylic acids is 1. The third-order valence-corrected chi connectivity index (χ3v) is 3.93. The van der Waals surface area contributed by atoms with Crippen LogP contribution in [0.5, 0.6) is 0 Å². The second-order valence-corrected chi connectivity index (χ2v) is 5.73. The number of aliphatic hydroxyl groups is 1. The zero-order valence-electron chi connectivity index (χ0n) is 12.0. The lowest BCUT2D eigenvalue weighted by Gasteiger charge is -2.10. The summed E-state index contributed by atoms with van der Waals surface area (Å²) in [4.78, 5) is 16.4. The van der Waals surface area contributed by atoms with Crippen LogP contribution in [-0.2, 0) is 6.61 Å². The molecule has 0 unspecified atom stereocenters. The molecule has 2 N–H and O–H groups in total. The molecule has 8 heteroatoms. The van der Waals surface area contributed by atoms with E-state index in [4.69, 9.17) is 23.2 Å². The first-order valence-electron chi connectivity index (χ1n) is 6.70. The van der Waals surface area contributed by atoms with Crippen molar-refractivity contribution in [3.05, 3.63) is 57.6 Å². The van der Waals surface area contributed by atoms with E-state index >= 15 is 0 Å². The molecule has 0 saturated carbocycles. The number of aromatic nitrogens is 3. The van der Waals surface area contributed by atoms with Crippen LogP contribution in [0, 0.1) is 6.92 Å². The van der Waals surface area contributed by atoms with Crippen molar-refractivity contribution >= 4 is 40.3 Å². The Kier molecular flexibility index (Phi) is 4.21. The largest absolute Gasteiger partial charge is 0.390 e. The summed E-state index contributed by atoms with van der Waals surface area (Å²) in [6, 6.07) is 5.12. The predicted molar refractivity (Wildman–Crippen MR) is 88.1 cm³/mol. The van der Waals surface area contributed by atoms with Gasteiger partial charge in [-0.05, 0) is 25.1 Å². The summed E-state index contributed by atoms with van der Waals surface area (Å²) in [5.74, 6) is -0.380. The molecular formula is C15H12Cl2N4O2. The zero-order chi connectivity index (χ0) is 16.6. The topological polar surface area (TPSA) is 79.5 Å². The van der Waals surface area contributed by atoms with Crippen LogP contribution in [0.3, 0.4) is 0 Å². The minimum atomic E-state index is -0.380. The fourth-order valence-electron chi connectivity index (χ4n) is 2.23.